The molecule has 0 aliphatic carbocycles. The van der Waals surface area contributed by atoms with Gasteiger partial charge in [-0.2, -0.15) is 0 Å². The van der Waals surface area contributed by atoms with Crippen molar-refractivity contribution in [3.8, 4) is 5.75 Å². The van der Waals surface area contributed by atoms with Gasteiger partial charge < -0.3 is 10.1 Å². The minimum Gasteiger partial charge on any atom is -0.487 e. The quantitative estimate of drug-likeness (QED) is 0.906. The van der Waals surface area contributed by atoms with E-state index in [0.29, 0.717) is 5.95 Å². The lowest BCUT2D eigenvalue weighted by molar-refractivity contribution is 0.0758. The summed E-state index contributed by atoms with van der Waals surface area (Å²) in [5, 5.41) is 3.42. The van der Waals surface area contributed by atoms with Crippen molar-refractivity contribution in [3.05, 3.63) is 47.8 Å². The molecule has 2 heterocycles. The first kappa shape index (κ1) is 12.9. The van der Waals surface area contributed by atoms with E-state index in [0.717, 1.165) is 23.3 Å². The van der Waals surface area contributed by atoms with Crippen LogP contribution in [0.2, 0.25) is 0 Å². The summed E-state index contributed by atoms with van der Waals surface area (Å²) in [6, 6.07) is 8.31. The molecular weight excluding hydrogens is 250 g/mol. The number of anilines is 1. The predicted octanol–water partition coefficient (Wildman–Crippen LogP) is 3.50. The zero-order valence-corrected chi connectivity index (χ0v) is 12.1. The Morgan fingerprint density at radius 1 is 1.20 bits per heavy atom. The molecule has 0 spiro atoms. The molecule has 0 saturated carbocycles. The van der Waals surface area contributed by atoms with Crippen molar-refractivity contribution in [2.24, 2.45) is 0 Å². The van der Waals surface area contributed by atoms with Gasteiger partial charge in [-0.05, 0) is 32.4 Å². The van der Waals surface area contributed by atoms with Crippen LogP contribution in [0.4, 0.5) is 5.95 Å². The van der Waals surface area contributed by atoms with Crippen LogP contribution in [-0.4, -0.2) is 15.6 Å². The Morgan fingerprint density at radius 2 is 1.90 bits per heavy atom. The lowest BCUT2D eigenvalue weighted by Crippen LogP contribution is -2.37. The molecule has 3 rings (SSSR count). The average Bonchev–Trinajstić information content (AvgIpc) is 2.40. The zero-order chi connectivity index (χ0) is 14.2. The molecule has 104 valence electrons. The number of aromatic nitrogens is 2. The third-order valence-corrected chi connectivity index (χ3v) is 3.46. The summed E-state index contributed by atoms with van der Waals surface area (Å²) in [6.45, 7) is 6.19. The van der Waals surface area contributed by atoms with Crippen LogP contribution in [0.5, 0.6) is 5.75 Å². The Morgan fingerprint density at radius 3 is 2.65 bits per heavy atom. The van der Waals surface area contributed by atoms with Gasteiger partial charge in [-0.1, -0.05) is 18.2 Å². The summed E-state index contributed by atoms with van der Waals surface area (Å²) in [4.78, 5) is 8.66. The maximum atomic E-state index is 6.03. The van der Waals surface area contributed by atoms with Gasteiger partial charge in [0, 0.05) is 24.4 Å². The number of rotatable bonds is 2. The van der Waals surface area contributed by atoms with Crippen molar-refractivity contribution in [1.82, 2.24) is 9.97 Å². The van der Waals surface area contributed by atoms with Gasteiger partial charge in [0.15, 0.2) is 0 Å². The fourth-order valence-corrected chi connectivity index (χ4v) is 2.55. The lowest BCUT2D eigenvalue weighted by Gasteiger charge is -2.37. The molecule has 1 aliphatic heterocycles. The fraction of sp³-hybridized carbons (Fsp3) is 0.375. The molecule has 0 fully saturated rings. The van der Waals surface area contributed by atoms with Gasteiger partial charge in [0.25, 0.3) is 0 Å². The van der Waals surface area contributed by atoms with Crippen molar-refractivity contribution < 1.29 is 4.74 Å². The van der Waals surface area contributed by atoms with Crippen LogP contribution in [0.15, 0.2) is 36.7 Å². The van der Waals surface area contributed by atoms with Crippen molar-refractivity contribution in [2.45, 2.75) is 38.8 Å². The first-order chi connectivity index (χ1) is 9.53. The van der Waals surface area contributed by atoms with E-state index in [9.17, 15) is 0 Å². The van der Waals surface area contributed by atoms with Crippen LogP contribution in [0.3, 0.4) is 0 Å². The maximum absolute atomic E-state index is 6.03. The van der Waals surface area contributed by atoms with Crippen LogP contribution in [-0.2, 0) is 0 Å². The number of aryl methyl sites for hydroxylation is 1. The monoisotopic (exact) mass is 269 g/mol. The number of nitrogens with zero attached hydrogens (tertiary/aromatic N) is 2. The molecule has 4 heteroatoms. The summed E-state index contributed by atoms with van der Waals surface area (Å²) in [7, 11) is 0. The van der Waals surface area contributed by atoms with Crippen LogP contribution in [0.1, 0.15) is 37.4 Å². The van der Waals surface area contributed by atoms with Crippen molar-refractivity contribution in [2.75, 3.05) is 5.32 Å². The normalized spacial score (nSPS) is 19.9. The molecule has 1 unspecified atom stereocenters. The van der Waals surface area contributed by atoms with E-state index in [4.69, 9.17) is 4.74 Å². The summed E-state index contributed by atoms with van der Waals surface area (Å²) in [6.07, 6.45) is 4.53. The Balaban J connectivity index is 1.90. The van der Waals surface area contributed by atoms with Crippen LogP contribution < -0.4 is 10.1 Å². The first-order valence-corrected chi connectivity index (χ1v) is 6.87. The van der Waals surface area contributed by atoms with Crippen LogP contribution >= 0.6 is 0 Å². The SMILES string of the molecule is Cc1cnc(NC2CC(C)(C)Oc3ccccc32)nc1. The molecule has 1 aromatic heterocycles. The molecule has 0 amide bonds. The highest BCUT2D eigenvalue weighted by Crippen LogP contribution is 2.40. The third kappa shape index (κ3) is 2.59. The lowest BCUT2D eigenvalue weighted by atomic mass is 9.90. The van der Waals surface area contributed by atoms with E-state index in [-0.39, 0.29) is 11.6 Å². The molecule has 4 nitrogen and oxygen atoms in total. The van der Waals surface area contributed by atoms with Gasteiger partial charge in [-0.25, -0.2) is 9.97 Å². The van der Waals surface area contributed by atoms with Gasteiger partial charge in [0.2, 0.25) is 5.95 Å². The molecule has 0 saturated heterocycles. The van der Waals surface area contributed by atoms with E-state index < -0.39 is 0 Å². The van der Waals surface area contributed by atoms with Gasteiger partial charge in [-0.15, -0.1) is 0 Å². The smallest absolute Gasteiger partial charge is 0.223 e. The summed E-state index contributed by atoms with van der Waals surface area (Å²) >= 11 is 0. The van der Waals surface area contributed by atoms with Crippen molar-refractivity contribution in [3.63, 3.8) is 0 Å². The second-order valence-electron chi connectivity index (χ2n) is 5.88. The molecule has 1 N–H and O–H groups in total. The Kier molecular flexibility index (Phi) is 3.08. The van der Waals surface area contributed by atoms with Gasteiger partial charge >= 0.3 is 0 Å². The second-order valence-corrected chi connectivity index (χ2v) is 5.88. The molecule has 0 bridgehead atoms. The third-order valence-electron chi connectivity index (χ3n) is 3.46. The Labute approximate surface area is 119 Å². The summed E-state index contributed by atoms with van der Waals surface area (Å²) in [5.41, 5.74) is 2.02. The Bertz CT molecular complexity index is 607. The summed E-state index contributed by atoms with van der Waals surface area (Å²) < 4.78 is 6.03. The van der Waals surface area contributed by atoms with Crippen molar-refractivity contribution >= 4 is 5.95 Å². The fourth-order valence-electron chi connectivity index (χ4n) is 2.55. The molecule has 1 atom stereocenters. The molecular formula is C16H19N3O. The van der Waals surface area contributed by atoms with E-state index in [1.54, 1.807) is 0 Å². The van der Waals surface area contributed by atoms with E-state index in [1.165, 1.54) is 0 Å². The Hall–Kier alpha value is -2.10. The molecule has 20 heavy (non-hydrogen) atoms. The standard InChI is InChI=1S/C16H19N3O/c1-11-9-17-15(18-10-11)19-13-8-16(2,3)20-14-7-5-4-6-12(13)14/h4-7,9-10,13H,8H2,1-3H3,(H,17,18,19). The minimum atomic E-state index is -0.198. The highest BCUT2D eigenvalue weighted by molar-refractivity contribution is 5.43. The van der Waals surface area contributed by atoms with E-state index >= 15 is 0 Å². The highest BCUT2D eigenvalue weighted by atomic mass is 16.5. The maximum Gasteiger partial charge on any atom is 0.223 e. The minimum absolute atomic E-state index is 0.164. The summed E-state index contributed by atoms with van der Waals surface area (Å²) in [5.74, 6) is 1.60. The molecule has 1 aliphatic rings. The van der Waals surface area contributed by atoms with Crippen LogP contribution in [0, 0.1) is 6.92 Å². The molecule has 1 aromatic carbocycles. The van der Waals surface area contributed by atoms with Crippen molar-refractivity contribution in [1.29, 1.82) is 0 Å². The number of ether oxygens (including phenoxy) is 1. The molecule has 2 aromatic rings. The van der Waals surface area contributed by atoms with Gasteiger partial charge in [0.05, 0.1) is 6.04 Å². The number of hydrogen-bond donors (Lipinski definition) is 1. The van der Waals surface area contributed by atoms with E-state index in [1.807, 2.05) is 37.5 Å². The zero-order valence-electron chi connectivity index (χ0n) is 12.1. The highest BCUT2D eigenvalue weighted by Gasteiger charge is 2.33. The second kappa shape index (κ2) is 4.78. The number of benzene rings is 1. The average molecular weight is 269 g/mol. The van der Waals surface area contributed by atoms with Gasteiger partial charge in [0.1, 0.15) is 11.4 Å². The predicted molar refractivity (Wildman–Crippen MR) is 78.9 cm³/mol. The molecule has 0 radical (unpaired) electrons. The largest absolute Gasteiger partial charge is 0.487 e. The number of nitrogens with one attached hydrogen (secondary N) is 1. The topological polar surface area (TPSA) is 47.0 Å². The van der Waals surface area contributed by atoms with E-state index in [2.05, 4.69) is 35.2 Å². The van der Waals surface area contributed by atoms with Crippen LogP contribution in [0.25, 0.3) is 0 Å². The number of fused-ring (bicyclic) bond motifs is 1. The van der Waals surface area contributed by atoms with Gasteiger partial charge in [-0.3, -0.25) is 0 Å². The number of para-hydroxylation sites is 1. The first-order valence-electron chi connectivity index (χ1n) is 6.87. The number of hydrogen-bond acceptors (Lipinski definition) is 4.